The van der Waals surface area contributed by atoms with Crippen molar-refractivity contribution < 1.29 is 14.3 Å². The van der Waals surface area contributed by atoms with Gasteiger partial charge in [-0.3, -0.25) is 4.79 Å². The van der Waals surface area contributed by atoms with E-state index >= 15 is 0 Å². The Balaban J connectivity index is 1.63. The number of nitrogens with one attached hydrogen (secondary N) is 1. The van der Waals surface area contributed by atoms with Gasteiger partial charge in [0, 0.05) is 6.04 Å². The fourth-order valence-electron chi connectivity index (χ4n) is 3.74. The molecule has 1 aromatic carbocycles. The van der Waals surface area contributed by atoms with E-state index in [-0.39, 0.29) is 18.6 Å². The van der Waals surface area contributed by atoms with E-state index in [1.807, 2.05) is 37.3 Å². The zero-order chi connectivity index (χ0) is 19.4. The second-order valence-electron chi connectivity index (χ2n) is 7.31. The summed E-state index contributed by atoms with van der Waals surface area (Å²) in [5, 5.41) is 7.45. The Kier molecular flexibility index (Phi) is 5.94. The van der Waals surface area contributed by atoms with Crippen molar-refractivity contribution in [2.75, 3.05) is 6.61 Å². The number of rotatable bonds is 5. The number of hydrogen-bond donors (Lipinski definition) is 1. The maximum absolute atomic E-state index is 12.5. The van der Waals surface area contributed by atoms with Crippen molar-refractivity contribution in [1.82, 2.24) is 15.1 Å². The summed E-state index contributed by atoms with van der Waals surface area (Å²) in [6.45, 7) is 5.48. The molecule has 1 saturated carbocycles. The Hall–Kier alpha value is -2.63. The zero-order valence-electron chi connectivity index (χ0n) is 16.2. The normalized spacial score (nSPS) is 19.5. The Bertz CT molecular complexity index is 814. The van der Waals surface area contributed by atoms with Gasteiger partial charge in [-0.15, -0.1) is 0 Å². The average molecular weight is 369 g/mol. The van der Waals surface area contributed by atoms with Crippen LogP contribution < -0.4 is 5.32 Å². The number of aryl methyl sites for hydroxylation is 1. The van der Waals surface area contributed by atoms with Crippen LogP contribution in [-0.4, -0.2) is 34.3 Å². The number of hydrogen-bond acceptors (Lipinski definition) is 4. The molecule has 1 aromatic heterocycles. The molecule has 6 heteroatoms. The Labute approximate surface area is 159 Å². The molecule has 0 bridgehead atoms. The lowest BCUT2D eigenvalue weighted by molar-refractivity contribution is -0.125. The van der Waals surface area contributed by atoms with Gasteiger partial charge in [0.1, 0.15) is 5.56 Å². The van der Waals surface area contributed by atoms with Gasteiger partial charge < -0.3 is 10.1 Å². The SMILES string of the molecule is Cc1nn(-c2ccccc2)c(C)c1C(=O)OCC(=O)N[C@@H]1CCCC[C@@H]1C. The standard InChI is InChI=1S/C21H27N3O3/c1-14-9-7-8-12-18(14)22-19(25)13-27-21(26)20-15(2)23-24(16(20)3)17-10-5-4-6-11-17/h4-6,10-11,14,18H,7-9,12-13H2,1-3H3,(H,22,25)/t14-,18+/m0/s1. The molecule has 1 amide bonds. The molecule has 3 rings (SSSR count). The summed E-state index contributed by atoms with van der Waals surface area (Å²) in [6, 6.07) is 9.78. The van der Waals surface area contributed by atoms with E-state index in [1.165, 1.54) is 6.42 Å². The van der Waals surface area contributed by atoms with Gasteiger partial charge in [0.25, 0.3) is 5.91 Å². The molecular weight excluding hydrogens is 342 g/mol. The molecule has 0 aliphatic heterocycles. The van der Waals surface area contributed by atoms with Crippen LogP contribution in [0, 0.1) is 19.8 Å². The van der Waals surface area contributed by atoms with Crippen molar-refractivity contribution in [1.29, 1.82) is 0 Å². The maximum atomic E-state index is 12.5. The van der Waals surface area contributed by atoms with Crippen LogP contribution in [0.3, 0.4) is 0 Å². The van der Waals surface area contributed by atoms with Crippen molar-refractivity contribution in [3.63, 3.8) is 0 Å². The highest BCUT2D eigenvalue weighted by Crippen LogP contribution is 2.23. The van der Waals surface area contributed by atoms with Gasteiger partial charge in [-0.2, -0.15) is 5.10 Å². The number of para-hydroxylation sites is 1. The van der Waals surface area contributed by atoms with Crippen LogP contribution in [-0.2, 0) is 9.53 Å². The van der Waals surface area contributed by atoms with Crippen LogP contribution in [0.1, 0.15) is 54.4 Å². The highest BCUT2D eigenvalue weighted by Gasteiger charge is 2.25. The summed E-state index contributed by atoms with van der Waals surface area (Å²) >= 11 is 0. The Morgan fingerprint density at radius 2 is 1.89 bits per heavy atom. The molecule has 1 aliphatic carbocycles. The molecule has 2 aromatic rings. The highest BCUT2D eigenvalue weighted by molar-refractivity contribution is 5.93. The van der Waals surface area contributed by atoms with Gasteiger partial charge in [0.05, 0.1) is 17.1 Å². The maximum Gasteiger partial charge on any atom is 0.342 e. The molecule has 6 nitrogen and oxygen atoms in total. The molecule has 1 N–H and O–H groups in total. The molecule has 144 valence electrons. The van der Waals surface area contributed by atoms with Gasteiger partial charge in [-0.25, -0.2) is 9.48 Å². The summed E-state index contributed by atoms with van der Waals surface area (Å²) in [6.07, 6.45) is 4.46. The first-order valence-corrected chi connectivity index (χ1v) is 9.55. The van der Waals surface area contributed by atoms with E-state index in [1.54, 1.807) is 11.6 Å². The smallest absolute Gasteiger partial charge is 0.342 e. The predicted octanol–water partition coefficient (Wildman–Crippen LogP) is 3.34. The number of nitrogens with zero attached hydrogens (tertiary/aromatic N) is 2. The first-order valence-electron chi connectivity index (χ1n) is 9.55. The number of ether oxygens (including phenoxy) is 1. The Morgan fingerprint density at radius 3 is 2.59 bits per heavy atom. The van der Waals surface area contributed by atoms with Gasteiger partial charge in [-0.05, 0) is 44.7 Å². The molecule has 1 aliphatic rings. The van der Waals surface area contributed by atoms with E-state index in [9.17, 15) is 9.59 Å². The summed E-state index contributed by atoms with van der Waals surface area (Å²) in [5.41, 5.74) is 2.58. The van der Waals surface area contributed by atoms with Crippen LogP contribution in [0.5, 0.6) is 0 Å². The van der Waals surface area contributed by atoms with Gasteiger partial charge in [0.15, 0.2) is 6.61 Å². The minimum Gasteiger partial charge on any atom is -0.452 e. The summed E-state index contributed by atoms with van der Waals surface area (Å²) in [5.74, 6) is -0.293. The number of carbonyl (C=O) groups excluding carboxylic acids is 2. The number of aromatic nitrogens is 2. The summed E-state index contributed by atoms with van der Waals surface area (Å²) in [4.78, 5) is 24.7. The molecule has 1 fully saturated rings. The predicted molar refractivity (Wildman–Crippen MR) is 103 cm³/mol. The van der Waals surface area contributed by atoms with E-state index < -0.39 is 5.97 Å². The molecule has 0 spiro atoms. The van der Waals surface area contributed by atoms with Crippen molar-refractivity contribution in [2.24, 2.45) is 5.92 Å². The third kappa shape index (κ3) is 4.38. The average Bonchev–Trinajstić information content (AvgIpc) is 2.97. The second-order valence-corrected chi connectivity index (χ2v) is 7.31. The number of esters is 1. The quantitative estimate of drug-likeness (QED) is 0.821. The van der Waals surface area contributed by atoms with E-state index in [4.69, 9.17) is 4.74 Å². The summed E-state index contributed by atoms with van der Waals surface area (Å²) in [7, 11) is 0. The Morgan fingerprint density at radius 1 is 1.19 bits per heavy atom. The van der Waals surface area contributed by atoms with Crippen LogP contribution in [0.25, 0.3) is 5.69 Å². The van der Waals surface area contributed by atoms with Gasteiger partial charge in [0.2, 0.25) is 0 Å². The third-order valence-corrected chi connectivity index (χ3v) is 5.29. The fraction of sp³-hybridized carbons (Fsp3) is 0.476. The number of carbonyl (C=O) groups is 2. The topological polar surface area (TPSA) is 73.2 Å². The first kappa shape index (κ1) is 19.1. The van der Waals surface area contributed by atoms with Crippen LogP contribution in [0.4, 0.5) is 0 Å². The lowest BCUT2D eigenvalue weighted by Gasteiger charge is -2.29. The molecule has 0 unspecified atom stereocenters. The van der Waals surface area contributed by atoms with E-state index in [0.29, 0.717) is 22.9 Å². The van der Waals surface area contributed by atoms with E-state index in [2.05, 4.69) is 17.3 Å². The first-order chi connectivity index (χ1) is 13.0. The second kappa shape index (κ2) is 8.37. The number of amides is 1. The molecule has 0 radical (unpaired) electrons. The minimum absolute atomic E-state index is 0.175. The van der Waals surface area contributed by atoms with Crippen LogP contribution in [0.2, 0.25) is 0 Å². The molecule has 1 heterocycles. The lowest BCUT2D eigenvalue weighted by Crippen LogP contribution is -2.42. The molecule has 2 atom stereocenters. The van der Waals surface area contributed by atoms with Crippen LogP contribution >= 0.6 is 0 Å². The molecular formula is C21H27N3O3. The molecule has 0 saturated heterocycles. The van der Waals surface area contributed by atoms with Gasteiger partial charge in [-0.1, -0.05) is 38.0 Å². The van der Waals surface area contributed by atoms with Crippen molar-refractivity contribution in [3.05, 3.63) is 47.3 Å². The number of benzene rings is 1. The molecule has 27 heavy (non-hydrogen) atoms. The van der Waals surface area contributed by atoms with Gasteiger partial charge >= 0.3 is 5.97 Å². The third-order valence-electron chi connectivity index (χ3n) is 5.29. The highest BCUT2D eigenvalue weighted by atomic mass is 16.5. The van der Waals surface area contributed by atoms with Crippen LogP contribution in [0.15, 0.2) is 30.3 Å². The zero-order valence-corrected chi connectivity index (χ0v) is 16.2. The van der Waals surface area contributed by atoms with Crippen molar-refractivity contribution >= 4 is 11.9 Å². The largest absolute Gasteiger partial charge is 0.452 e. The minimum atomic E-state index is -0.515. The van der Waals surface area contributed by atoms with E-state index in [0.717, 1.165) is 24.9 Å². The fourth-order valence-corrected chi connectivity index (χ4v) is 3.74. The lowest BCUT2D eigenvalue weighted by atomic mass is 9.86. The van der Waals surface area contributed by atoms with Crippen molar-refractivity contribution in [2.45, 2.75) is 52.5 Å². The summed E-state index contributed by atoms with van der Waals surface area (Å²) < 4.78 is 6.99. The monoisotopic (exact) mass is 369 g/mol. The van der Waals surface area contributed by atoms with Crippen molar-refractivity contribution in [3.8, 4) is 5.69 Å².